The number of carbonyl (C=O) groups excluding carboxylic acids is 1. The average Bonchev–Trinajstić information content (AvgIpc) is 3.03. The van der Waals surface area contributed by atoms with Gasteiger partial charge < -0.3 is 10.1 Å². The molecule has 134 valence electrons. The van der Waals surface area contributed by atoms with Crippen LogP contribution in [-0.4, -0.2) is 37.0 Å². The molecule has 4 heteroatoms. The number of rotatable bonds is 4. The Kier molecular flexibility index (Phi) is 4.76. The molecule has 1 fully saturated rings. The highest BCUT2D eigenvalue weighted by Crippen LogP contribution is 2.36. The Morgan fingerprint density at radius 1 is 1.15 bits per heavy atom. The largest absolute Gasteiger partial charge is 0.488 e. The second-order valence-electron chi connectivity index (χ2n) is 6.92. The lowest BCUT2D eigenvalue weighted by Crippen LogP contribution is -2.38. The van der Waals surface area contributed by atoms with Crippen LogP contribution in [0.5, 0.6) is 5.75 Å². The van der Waals surface area contributed by atoms with Crippen LogP contribution in [0.4, 0.5) is 0 Å². The molecule has 1 unspecified atom stereocenters. The summed E-state index contributed by atoms with van der Waals surface area (Å²) < 4.78 is 6.02. The maximum atomic E-state index is 11.9. The smallest absolute Gasteiger partial charge is 0.237 e. The van der Waals surface area contributed by atoms with Gasteiger partial charge in [-0.1, -0.05) is 48.5 Å². The maximum Gasteiger partial charge on any atom is 0.237 e. The van der Waals surface area contributed by atoms with Crippen molar-refractivity contribution in [1.82, 2.24) is 10.2 Å². The summed E-state index contributed by atoms with van der Waals surface area (Å²) in [5.74, 6) is 1.08. The SMILES string of the molecule is CN(CC/C=C1/c2ccccc2COc2ccccc21)C1CCNC1=O. The van der Waals surface area contributed by atoms with Crippen molar-refractivity contribution in [2.24, 2.45) is 0 Å². The van der Waals surface area contributed by atoms with E-state index in [4.69, 9.17) is 4.74 Å². The molecule has 2 heterocycles. The van der Waals surface area contributed by atoms with E-state index in [2.05, 4.69) is 52.7 Å². The molecule has 26 heavy (non-hydrogen) atoms. The van der Waals surface area contributed by atoms with Crippen LogP contribution in [-0.2, 0) is 11.4 Å². The van der Waals surface area contributed by atoms with Gasteiger partial charge in [-0.05, 0) is 42.7 Å². The number of para-hydroxylation sites is 1. The molecule has 1 atom stereocenters. The van der Waals surface area contributed by atoms with E-state index < -0.39 is 0 Å². The minimum atomic E-state index is 0.00504. The molecule has 2 aliphatic heterocycles. The third kappa shape index (κ3) is 3.25. The molecule has 1 N–H and O–H groups in total. The van der Waals surface area contributed by atoms with Crippen molar-refractivity contribution in [1.29, 1.82) is 0 Å². The van der Waals surface area contributed by atoms with Gasteiger partial charge in [-0.25, -0.2) is 0 Å². The van der Waals surface area contributed by atoms with Crippen LogP contribution in [0.15, 0.2) is 54.6 Å². The minimum absolute atomic E-state index is 0.00504. The van der Waals surface area contributed by atoms with Gasteiger partial charge in [0.1, 0.15) is 12.4 Å². The van der Waals surface area contributed by atoms with Crippen molar-refractivity contribution in [3.05, 3.63) is 71.3 Å². The Morgan fingerprint density at radius 2 is 1.92 bits per heavy atom. The molecule has 2 aromatic carbocycles. The normalized spacial score (nSPS) is 20.3. The third-order valence-electron chi connectivity index (χ3n) is 5.25. The van der Waals surface area contributed by atoms with Gasteiger partial charge in [-0.2, -0.15) is 0 Å². The maximum absolute atomic E-state index is 11.9. The Balaban J connectivity index is 1.60. The fraction of sp³-hybridized carbons (Fsp3) is 0.318. The Labute approximate surface area is 154 Å². The van der Waals surface area contributed by atoms with Crippen molar-refractivity contribution in [2.75, 3.05) is 20.1 Å². The van der Waals surface area contributed by atoms with Crippen LogP contribution in [0.3, 0.4) is 0 Å². The summed E-state index contributed by atoms with van der Waals surface area (Å²) >= 11 is 0. The first-order valence-corrected chi connectivity index (χ1v) is 9.22. The lowest BCUT2D eigenvalue weighted by molar-refractivity contribution is -0.123. The number of benzene rings is 2. The number of amides is 1. The number of carbonyl (C=O) groups is 1. The molecule has 4 rings (SSSR count). The fourth-order valence-corrected chi connectivity index (χ4v) is 3.81. The topological polar surface area (TPSA) is 41.6 Å². The number of nitrogens with one attached hydrogen (secondary N) is 1. The van der Waals surface area contributed by atoms with Crippen molar-refractivity contribution >= 4 is 11.5 Å². The second kappa shape index (κ2) is 7.34. The van der Waals surface area contributed by atoms with Crippen molar-refractivity contribution in [3.8, 4) is 5.75 Å². The lowest BCUT2D eigenvalue weighted by Gasteiger charge is -2.21. The number of hydrogen-bond donors (Lipinski definition) is 1. The standard InChI is InChI=1S/C22H24N2O2/c1-24(20-12-13-23-22(20)25)14-6-10-18-17-8-3-2-7-16(17)15-26-21-11-5-4-9-19(18)21/h2-5,7-11,20H,6,12-15H2,1H3,(H,23,25)/b18-10-. The molecule has 0 aromatic heterocycles. The highest BCUT2D eigenvalue weighted by Gasteiger charge is 2.27. The molecule has 0 radical (unpaired) electrons. The monoisotopic (exact) mass is 348 g/mol. The summed E-state index contributed by atoms with van der Waals surface area (Å²) in [4.78, 5) is 14.0. The van der Waals surface area contributed by atoms with E-state index in [9.17, 15) is 4.79 Å². The van der Waals surface area contributed by atoms with Crippen molar-refractivity contribution < 1.29 is 9.53 Å². The van der Waals surface area contributed by atoms with Crippen LogP contribution in [0, 0.1) is 0 Å². The van der Waals surface area contributed by atoms with Crippen LogP contribution < -0.4 is 10.1 Å². The van der Waals surface area contributed by atoms with Gasteiger partial charge in [0.05, 0.1) is 6.04 Å². The van der Waals surface area contributed by atoms with E-state index in [1.807, 2.05) is 19.2 Å². The van der Waals surface area contributed by atoms with Crippen molar-refractivity contribution in [2.45, 2.75) is 25.5 Å². The zero-order valence-corrected chi connectivity index (χ0v) is 15.1. The van der Waals surface area contributed by atoms with Crippen LogP contribution in [0.2, 0.25) is 0 Å². The summed E-state index contributed by atoms with van der Waals surface area (Å²) in [6.07, 6.45) is 4.07. The molecule has 1 saturated heterocycles. The van der Waals surface area contributed by atoms with E-state index >= 15 is 0 Å². The zero-order chi connectivity index (χ0) is 17.9. The minimum Gasteiger partial charge on any atom is -0.488 e. The van der Waals surface area contributed by atoms with Gasteiger partial charge in [0.2, 0.25) is 5.91 Å². The molecule has 1 amide bonds. The molecular formula is C22H24N2O2. The number of ether oxygens (including phenoxy) is 1. The highest BCUT2D eigenvalue weighted by molar-refractivity contribution is 5.85. The van der Waals surface area contributed by atoms with E-state index in [0.29, 0.717) is 6.61 Å². The molecule has 0 spiro atoms. The van der Waals surface area contributed by atoms with Gasteiger partial charge in [0.15, 0.2) is 0 Å². The predicted molar refractivity (Wildman–Crippen MR) is 103 cm³/mol. The van der Waals surface area contributed by atoms with Crippen LogP contribution >= 0.6 is 0 Å². The molecular weight excluding hydrogens is 324 g/mol. The van der Waals surface area contributed by atoms with Gasteiger partial charge in [0, 0.05) is 18.7 Å². The van der Waals surface area contributed by atoms with Gasteiger partial charge in [-0.15, -0.1) is 0 Å². The molecule has 4 nitrogen and oxygen atoms in total. The van der Waals surface area contributed by atoms with E-state index in [1.54, 1.807) is 0 Å². The van der Waals surface area contributed by atoms with Gasteiger partial charge >= 0.3 is 0 Å². The van der Waals surface area contributed by atoms with Crippen LogP contribution in [0.1, 0.15) is 29.5 Å². The zero-order valence-electron chi connectivity index (χ0n) is 15.1. The second-order valence-corrected chi connectivity index (χ2v) is 6.92. The summed E-state index contributed by atoms with van der Waals surface area (Å²) in [6.45, 7) is 2.23. The fourth-order valence-electron chi connectivity index (χ4n) is 3.81. The molecule has 2 aromatic rings. The van der Waals surface area contributed by atoms with Gasteiger partial charge in [-0.3, -0.25) is 9.69 Å². The third-order valence-corrected chi connectivity index (χ3v) is 5.25. The first-order valence-electron chi connectivity index (χ1n) is 9.22. The first kappa shape index (κ1) is 16.9. The molecule has 0 aliphatic carbocycles. The Bertz CT molecular complexity index is 794. The van der Waals surface area contributed by atoms with Gasteiger partial charge in [0.25, 0.3) is 0 Å². The molecule has 0 bridgehead atoms. The Hall–Kier alpha value is -2.59. The number of nitrogens with zero attached hydrogens (tertiary/aromatic N) is 1. The summed E-state index contributed by atoms with van der Waals surface area (Å²) in [6, 6.07) is 16.7. The number of fused-ring (bicyclic) bond motifs is 2. The van der Waals surface area contributed by atoms with E-state index in [-0.39, 0.29) is 11.9 Å². The first-order chi connectivity index (χ1) is 12.7. The highest BCUT2D eigenvalue weighted by atomic mass is 16.5. The number of likely N-dealkylation sites (N-methyl/N-ethyl adjacent to an activating group) is 1. The lowest BCUT2D eigenvalue weighted by atomic mass is 9.93. The van der Waals surface area contributed by atoms with Crippen LogP contribution in [0.25, 0.3) is 5.57 Å². The average molecular weight is 348 g/mol. The Morgan fingerprint density at radius 3 is 2.73 bits per heavy atom. The molecule has 0 saturated carbocycles. The quantitative estimate of drug-likeness (QED) is 0.922. The summed E-state index contributed by atoms with van der Waals surface area (Å²) in [7, 11) is 2.03. The number of hydrogen-bond acceptors (Lipinski definition) is 3. The summed E-state index contributed by atoms with van der Waals surface area (Å²) in [5, 5.41) is 2.91. The van der Waals surface area contributed by atoms with Crippen molar-refractivity contribution in [3.63, 3.8) is 0 Å². The summed E-state index contributed by atoms with van der Waals surface area (Å²) in [5.41, 5.74) is 4.80. The molecule has 2 aliphatic rings. The van der Waals surface area contributed by atoms with E-state index in [1.165, 1.54) is 16.7 Å². The predicted octanol–water partition coefficient (Wildman–Crippen LogP) is 3.22. The van der Waals surface area contributed by atoms with E-state index in [0.717, 1.165) is 37.2 Å².